The fraction of sp³-hybridized carbons (Fsp3) is 0.208. The van der Waals surface area contributed by atoms with Crippen molar-refractivity contribution in [2.75, 3.05) is 0 Å². The Labute approximate surface area is 160 Å². The van der Waals surface area contributed by atoms with E-state index in [1.165, 1.54) is 11.1 Å². The maximum atomic E-state index is 12.8. The Morgan fingerprint density at radius 1 is 0.667 bits per heavy atom. The van der Waals surface area contributed by atoms with Crippen LogP contribution < -0.4 is 10.6 Å². The summed E-state index contributed by atoms with van der Waals surface area (Å²) in [6, 6.07) is 30.7. The summed E-state index contributed by atoms with van der Waals surface area (Å²) in [5.41, 5.74) is 3.57. The molecule has 136 valence electrons. The van der Waals surface area contributed by atoms with Crippen LogP contribution in [0, 0.1) is 0 Å². The third kappa shape index (κ3) is 4.09. The van der Waals surface area contributed by atoms with Crippen molar-refractivity contribution in [3.63, 3.8) is 0 Å². The highest BCUT2D eigenvalue weighted by Gasteiger charge is 2.36. The second-order valence-electron chi connectivity index (χ2n) is 7.03. The van der Waals surface area contributed by atoms with Crippen molar-refractivity contribution in [1.82, 2.24) is 10.6 Å². The summed E-state index contributed by atoms with van der Waals surface area (Å²) in [7, 11) is 0. The van der Waals surface area contributed by atoms with Crippen LogP contribution in [0.15, 0.2) is 91.0 Å². The lowest BCUT2D eigenvalue weighted by molar-refractivity contribution is -0.126. The van der Waals surface area contributed by atoms with Crippen LogP contribution in [0.25, 0.3) is 0 Å². The lowest BCUT2D eigenvalue weighted by Crippen LogP contribution is -2.56. The van der Waals surface area contributed by atoms with Gasteiger partial charge in [-0.2, -0.15) is 0 Å². The van der Waals surface area contributed by atoms with Crippen LogP contribution in [0.2, 0.25) is 0 Å². The van der Waals surface area contributed by atoms with Crippen LogP contribution in [-0.4, -0.2) is 11.9 Å². The predicted molar refractivity (Wildman–Crippen MR) is 108 cm³/mol. The van der Waals surface area contributed by atoms with Gasteiger partial charge in [-0.15, -0.1) is 0 Å². The zero-order valence-electron chi connectivity index (χ0n) is 15.2. The quantitative estimate of drug-likeness (QED) is 0.720. The van der Waals surface area contributed by atoms with E-state index in [2.05, 4.69) is 59.2 Å². The first-order chi connectivity index (χ1) is 13.3. The maximum absolute atomic E-state index is 12.8. The van der Waals surface area contributed by atoms with Crippen LogP contribution in [0.3, 0.4) is 0 Å². The molecule has 1 amide bonds. The van der Waals surface area contributed by atoms with Gasteiger partial charge in [0.2, 0.25) is 5.91 Å². The van der Waals surface area contributed by atoms with Gasteiger partial charge in [0.25, 0.3) is 0 Å². The molecule has 3 aromatic carbocycles. The molecule has 1 aliphatic rings. The lowest BCUT2D eigenvalue weighted by Gasteiger charge is -2.38. The second kappa shape index (κ2) is 8.19. The van der Waals surface area contributed by atoms with E-state index in [-0.39, 0.29) is 24.0 Å². The van der Waals surface area contributed by atoms with Crippen LogP contribution in [0.1, 0.15) is 35.2 Å². The van der Waals surface area contributed by atoms with Crippen LogP contribution >= 0.6 is 0 Å². The topological polar surface area (TPSA) is 41.1 Å². The molecule has 0 spiro atoms. The van der Waals surface area contributed by atoms with Crippen LogP contribution in [0.4, 0.5) is 0 Å². The molecule has 0 aromatic heterocycles. The number of piperazine rings is 1. The standard InChI is InChI=1S/C24H24N2O/c27-24-21(17-16-18-10-4-1-5-11-18)25-22(19-12-6-2-7-13-19)23(26-24)20-14-8-3-9-15-20/h1-15,21-23,25H,16-17H2,(H,26,27)/t21-,22+,23+/m0/s1. The molecular formula is C24H24N2O. The van der Waals surface area contributed by atoms with Crippen molar-refractivity contribution >= 4 is 5.91 Å². The summed E-state index contributed by atoms with van der Waals surface area (Å²) in [5.74, 6) is 0.0759. The lowest BCUT2D eigenvalue weighted by atomic mass is 9.89. The Hall–Kier alpha value is -2.91. The molecule has 0 saturated carbocycles. The molecular weight excluding hydrogens is 332 g/mol. The fourth-order valence-electron chi connectivity index (χ4n) is 3.78. The van der Waals surface area contributed by atoms with Gasteiger partial charge in [-0.05, 0) is 29.5 Å². The van der Waals surface area contributed by atoms with E-state index in [0.29, 0.717) is 0 Å². The van der Waals surface area contributed by atoms with E-state index in [1.54, 1.807) is 0 Å². The van der Waals surface area contributed by atoms with Crippen molar-refractivity contribution in [3.8, 4) is 0 Å². The molecule has 27 heavy (non-hydrogen) atoms. The van der Waals surface area contributed by atoms with E-state index >= 15 is 0 Å². The Kier molecular flexibility index (Phi) is 5.31. The molecule has 3 nitrogen and oxygen atoms in total. The molecule has 1 aliphatic heterocycles. The van der Waals surface area contributed by atoms with E-state index in [0.717, 1.165) is 18.4 Å². The molecule has 1 saturated heterocycles. The number of carbonyl (C=O) groups is 1. The summed E-state index contributed by atoms with van der Waals surface area (Å²) >= 11 is 0. The summed E-state index contributed by atoms with van der Waals surface area (Å²) in [6.07, 6.45) is 1.66. The normalized spacial score (nSPS) is 22.2. The Morgan fingerprint density at radius 2 is 1.19 bits per heavy atom. The maximum Gasteiger partial charge on any atom is 0.237 e. The van der Waals surface area contributed by atoms with Gasteiger partial charge in [-0.3, -0.25) is 10.1 Å². The molecule has 1 fully saturated rings. The van der Waals surface area contributed by atoms with E-state index in [9.17, 15) is 4.79 Å². The number of nitrogens with one attached hydrogen (secondary N) is 2. The van der Waals surface area contributed by atoms with Gasteiger partial charge >= 0.3 is 0 Å². The van der Waals surface area contributed by atoms with Gasteiger partial charge in [0.15, 0.2) is 0 Å². The van der Waals surface area contributed by atoms with Gasteiger partial charge in [-0.1, -0.05) is 91.0 Å². The minimum absolute atomic E-state index is 0.0482. The van der Waals surface area contributed by atoms with E-state index in [1.807, 2.05) is 42.5 Å². The van der Waals surface area contributed by atoms with E-state index < -0.39 is 0 Å². The SMILES string of the molecule is O=C1N[C@H](c2ccccc2)[C@@H](c2ccccc2)N[C@H]1CCc1ccccc1. The number of hydrogen-bond donors (Lipinski definition) is 2. The van der Waals surface area contributed by atoms with Crippen LogP contribution in [-0.2, 0) is 11.2 Å². The summed E-state index contributed by atoms with van der Waals surface area (Å²) < 4.78 is 0. The molecule has 0 bridgehead atoms. The smallest absolute Gasteiger partial charge is 0.237 e. The highest BCUT2D eigenvalue weighted by Crippen LogP contribution is 2.32. The third-order valence-electron chi connectivity index (χ3n) is 5.21. The predicted octanol–water partition coefficient (Wildman–Crippen LogP) is 4.19. The Bertz CT molecular complexity index is 865. The number of amides is 1. The van der Waals surface area contributed by atoms with Crippen molar-refractivity contribution in [3.05, 3.63) is 108 Å². The monoisotopic (exact) mass is 356 g/mol. The molecule has 2 N–H and O–H groups in total. The first kappa shape index (κ1) is 17.5. The zero-order chi connectivity index (χ0) is 18.5. The molecule has 4 rings (SSSR count). The van der Waals surface area contributed by atoms with E-state index in [4.69, 9.17) is 0 Å². The molecule has 3 heteroatoms. The summed E-state index contributed by atoms with van der Waals surface area (Å²) in [4.78, 5) is 12.8. The number of benzene rings is 3. The van der Waals surface area contributed by atoms with Gasteiger partial charge in [0.05, 0.1) is 18.1 Å². The first-order valence-corrected chi connectivity index (χ1v) is 9.51. The van der Waals surface area contributed by atoms with Gasteiger partial charge in [0, 0.05) is 0 Å². The van der Waals surface area contributed by atoms with Crippen molar-refractivity contribution < 1.29 is 4.79 Å². The van der Waals surface area contributed by atoms with Gasteiger partial charge < -0.3 is 5.32 Å². The Morgan fingerprint density at radius 3 is 1.78 bits per heavy atom. The van der Waals surface area contributed by atoms with Gasteiger partial charge in [-0.25, -0.2) is 0 Å². The minimum atomic E-state index is -0.199. The first-order valence-electron chi connectivity index (χ1n) is 9.51. The molecule has 3 aromatic rings. The minimum Gasteiger partial charge on any atom is -0.346 e. The Balaban J connectivity index is 1.56. The molecule has 0 unspecified atom stereocenters. The van der Waals surface area contributed by atoms with Crippen molar-refractivity contribution in [2.24, 2.45) is 0 Å². The number of carbonyl (C=O) groups excluding carboxylic acids is 1. The number of aryl methyl sites for hydroxylation is 1. The molecule has 1 heterocycles. The van der Waals surface area contributed by atoms with Crippen LogP contribution in [0.5, 0.6) is 0 Å². The summed E-state index contributed by atoms with van der Waals surface area (Å²) in [6.45, 7) is 0. The highest BCUT2D eigenvalue weighted by molar-refractivity contribution is 5.83. The summed E-state index contributed by atoms with van der Waals surface area (Å²) in [5, 5.41) is 6.89. The average molecular weight is 356 g/mol. The third-order valence-corrected chi connectivity index (χ3v) is 5.21. The van der Waals surface area contributed by atoms with Crippen molar-refractivity contribution in [1.29, 1.82) is 0 Å². The van der Waals surface area contributed by atoms with Crippen molar-refractivity contribution in [2.45, 2.75) is 31.0 Å². The molecule has 3 atom stereocenters. The highest BCUT2D eigenvalue weighted by atomic mass is 16.2. The molecule has 0 radical (unpaired) electrons. The fourth-order valence-corrected chi connectivity index (χ4v) is 3.78. The number of hydrogen-bond acceptors (Lipinski definition) is 2. The largest absolute Gasteiger partial charge is 0.346 e. The average Bonchev–Trinajstić information content (AvgIpc) is 2.74. The number of rotatable bonds is 5. The second-order valence-corrected chi connectivity index (χ2v) is 7.03. The molecule has 0 aliphatic carbocycles. The zero-order valence-corrected chi connectivity index (χ0v) is 15.2. The van der Waals surface area contributed by atoms with Gasteiger partial charge in [0.1, 0.15) is 0 Å².